The molecule has 2 aromatic heterocycles. The normalized spacial score (nSPS) is 13.7. The van der Waals surface area contributed by atoms with Crippen LogP contribution in [-0.2, 0) is 6.42 Å². The molecule has 0 spiro atoms. The minimum absolute atomic E-state index is 0.722. The van der Waals surface area contributed by atoms with Gasteiger partial charge in [-0.2, -0.15) is 4.98 Å². The lowest BCUT2D eigenvalue weighted by atomic mass is 10.1. The largest absolute Gasteiger partial charge is 0.477 e. The highest BCUT2D eigenvalue weighted by Crippen LogP contribution is 2.33. The average molecular weight is 201 g/mol. The van der Waals surface area contributed by atoms with Crippen molar-refractivity contribution in [3.63, 3.8) is 0 Å². The van der Waals surface area contributed by atoms with Crippen molar-refractivity contribution in [1.82, 2.24) is 9.97 Å². The highest BCUT2D eigenvalue weighted by molar-refractivity contribution is 5.92. The van der Waals surface area contributed by atoms with Crippen LogP contribution >= 0.6 is 0 Å². The maximum atomic E-state index is 5.47. The predicted molar refractivity (Wildman–Crippen MR) is 58.3 cm³/mol. The molecule has 0 unspecified atom stereocenters. The summed E-state index contributed by atoms with van der Waals surface area (Å²) in [4.78, 5) is 8.75. The maximum absolute atomic E-state index is 5.47. The van der Waals surface area contributed by atoms with Crippen molar-refractivity contribution < 1.29 is 4.74 Å². The number of pyridine rings is 2. The van der Waals surface area contributed by atoms with Crippen molar-refractivity contribution >= 4 is 16.7 Å². The summed E-state index contributed by atoms with van der Waals surface area (Å²) in [6.45, 7) is 0.722. The molecule has 0 amide bonds. The molecule has 2 aromatic rings. The lowest BCUT2D eigenvalue weighted by Crippen LogP contribution is -1.97. The van der Waals surface area contributed by atoms with Crippen LogP contribution in [0.5, 0.6) is 5.88 Å². The van der Waals surface area contributed by atoms with Crippen LogP contribution in [0.15, 0.2) is 18.3 Å². The van der Waals surface area contributed by atoms with Crippen molar-refractivity contribution in [2.24, 2.45) is 0 Å². The fourth-order valence-electron chi connectivity index (χ4n) is 1.96. The van der Waals surface area contributed by atoms with Crippen LogP contribution in [0.25, 0.3) is 10.9 Å². The molecule has 0 fully saturated rings. The Morgan fingerprint density at radius 3 is 3.27 bits per heavy atom. The van der Waals surface area contributed by atoms with E-state index in [1.807, 2.05) is 13.1 Å². The lowest BCUT2D eigenvalue weighted by Gasteiger charge is -2.07. The molecule has 76 valence electrons. The van der Waals surface area contributed by atoms with Gasteiger partial charge in [0.1, 0.15) is 5.52 Å². The van der Waals surface area contributed by atoms with E-state index in [9.17, 15) is 0 Å². The third kappa shape index (κ3) is 1.14. The number of ether oxygens (including phenoxy) is 1. The molecule has 15 heavy (non-hydrogen) atoms. The van der Waals surface area contributed by atoms with E-state index in [4.69, 9.17) is 4.74 Å². The summed E-state index contributed by atoms with van der Waals surface area (Å²) in [6.07, 6.45) is 2.71. The molecule has 3 rings (SSSR count). The van der Waals surface area contributed by atoms with Crippen LogP contribution < -0.4 is 10.1 Å². The second kappa shape index (κ2) is 3.08. The van der Waals surface area contributed by atoms with Crippen LogP contribution in [0, 0.1) is 0 Å². The van der Waals surface area contributed by atoms with Crippen LogP contribution in [0.2, 0.25) is 0 Å². The van der Waals surface area contributed by atoms with Crippen molar-refractivity contribution in [1.29, 1.82) is 0 Å². The van der Waals surface area contributed by atoms with Crippen LogP contribution in [0.1, 0.15) is 5.56 Å². The Kier molecular flexibility index (Phi) is 1.74. The van der Waals surface area contributed by atoms with E-state index < -0.39 is 0 Å². The molecular formula is C11H11N3O. The second-order valence-electron chi connectivity index (χ2n) is 3.49. The molecule has 1 aliphatic heterocycles. The van der Waals surface area contributed by atoms with Gasteiger partial charge in [-0.3, -0.25) is 4.98 Å². The topological polar surface area (TPSA) is 47.0 Å². The number of rotatable bonds is 1. The molecule has 0 saturated carbocycles. The standard InChI is InChI=1S/C11H11N3O/c1-12-10-9-7(3-2-5-13-9)8-4-6-15-11(8)14-10/h2-3,5H,4,6H2,1H3,(H,12,14). The van der Waals surface area contributed by atoms with Crippen molar-refractivity contribution in [2.45, 2.75) is 6.42 Å². The Bertz CT molecular complexity index is 524. The van der Waals surface area contributed by atoms with E-state index in [0.717, 1.165) is 35.6 Å². The first kappa shape index (κ1) is 8.47. The summed E-state index contributed by atoms with van der Waals surface area (Å²) in [5.74, 6) is 1.53. The summed E-state index contributed by atoms with van der Waals surface area (Å²) in [6, 6.07) is 4.01. The second-order valence-corrected chi connectivity index (χ2v) is 3.49. The van der Waals surface area contributed by atoms with Crippen LogP contribution in [-0.4, -0.2) is 23.6 Å². The first-order valence-electron chi connectivity index (χ1n) is 4.98. The van der Waals surface area contributed by atoms with E-state index in [1.54, 1.807) is 6.20 Å². The summed E-state index contributed by atoms with van der Waals surface area (Å²) in [7, 11) is 1.85. The SMILES string of the molecule is CNc1nc2c(c3cccnc13)CCO2. The van der Waals surface area contributed by atoms with E-state index >= 15 is 0 Å². The number of hydrogen-bond donors (Lipinski definition) is 1. The molecule has 0 aromatic carbocycles. The lowest BCUT2D eigenvalue weighted by molar-refractivity contribution is 0.345. The fourth-order valence-corrected chi connectivity index (χ4v) is 1.96. The van der Waals surface area contributed by atoms with Gasteiger partial charge in [0.05, 0.1) is 6.61 Å². The maximum Gasteiger partial charge on any atom is 0.219 e. The van der Waals surface area contributed by atoms with E-state index in [0.29, 0.717) is 0 Å². The van der Waals surface area contributed by atoms with E-state index in [1.165, 1.54) is 5.56 Å². The zero-order chi connectivity index (χ0) is 10.3. The van der Waals surface area contributed by atoms with Gasteiger partial charge in [0.15, 0.2) is 5.82 Å². The van der Waals surface area contributed by atoms with Crippen LogP contribution in [0.4, 0.5) is 5.82 Å². The molecule has 0 atom stereocenters. The van der Waals surface area contributed by atoms with Gasteiger partial charge in [-0.05, 0) is 6.07 Å². The predicted octanol–water partition coefficient (Wildman–Crippen LogP) is 1.61. The monoisotopic (exact) mass is 201 g/mol. The Balaban J connectivity index is 2.41. The molecule has 3 heterocycles. The molecule has 4 nitrogen and oxygen atoms in total. The highest BCUT2D eigenvalue weighted by atomic mass is 16.5. The smallest absolute Gasteiger partial charge is 0.219 e. The van der Waals surface area contributed by atoms with Gasteiger partial charge in [-0.1, -0.05) is 6.07 Å². The number of hydrogen-bond acceptors (Lipinski definition) is 4. The van der Waals surface area contributed by atoms with Gasteiger partial charge in [0, 0.05) is 30.6 Å². The molecule has 0 saturated heterocycles. The van der Waals surface area contributed by atoms with Crippen molar-refractivity contribution in [2.75, 3.05) is 19.0 Å². The summed E-state index contributed by atoms with van der Waals surface area (Å²) in [5, 5.41) is 4.19. The number of aromatic nitrogens is 2. The number of nitrogens with one attached hydrogen (secondary N) is 1. The van der Waals surface area contributed by atoms with Gasteiger partial charge in [0.25, 0.3) is 0 Å². The first-order valence-corrected chi connectivity index (χ1v) is 4.98. The fraction of sp³-hybridized carbons (Fsp3) is 0.273. The third-order valence-corrected chi connectivity index (χ3v) is 2.66. The minimum Gasteiger partial charge on any atom is -0.477 e. The van der Waals surface area contributed by atoms with E-state index in [-0.39, 0.29) is 0 Å². The minimum atomic E-state index is 0.722. The molecule has 1 aliphatic rings. The Hall–Kier alpha value is -1.84. The summed E-state index contributed by atoms with van der Waals surface area (Å²) >= 11 is 0. The quantitative estimate of drug-likeness (QED) is 0.761. The van der Waals surface area contributed by atoms with Gasteiger partial charge in [-0.25, -0.2) is 0 Å². The Morgan fingerprint density at radius 2 is 2.40 bits per heavy atom. The van der Waals surface area contributed by atoms with Crippen LogP contribution in [0.3, 0.4) is 0 Å². The van der Waals surface area contributed by atoms with Gasteiger partial charge in [0.2, 0.25) is 5.88 Å². The zero-order valence-electron chi connectivity index (χ0n) is 8.45. The Labute approximate surface area is 87.3 Å². The van der Waals surface area contributed by atoms with E-state index in [2.05, 4.69) is 21.4 Å². The van der Waals surface area contributed by atoms with Gasteiger partial charge in [-0.15, -0.1) is 0 Å². The Morgan fingerprint density at radius 1 is 1.47 bits per heavy atom. The summed E-state index contributed by atoms with van der Waals surface area (Å²) in [5.41, 5.74) is 2.10. The average Bonchev–Trinajstić information content (AvgIpc) is 2.76. The number of fused-ring (bicyclic) bond motifs is 3. The molecule has 0 bridgehead atoms. The van der Waals surface area contributed by atoms with Gasteiger partial charge < -0.3 is 10.1 Å². The third-order valence-electron chi connectivity index (χ3n) is 2.66. The number of nitrogens with zero attached hydrogens (tertiary/aromatic N) is 2. The molecule has 0 radical (unpaired) electrons. The molecule has 4 heteroatoms. The molecule has 0 aliphatic carbocycles. The zero-order valence-corrected chi connectivity index (χ0v) is 8.45. The number of anilines is 1. The van der Waals surface area contributed by atoms with Gasteiger partial charge >= 0.3 is 0 Å². The van der Waals surface area contributed by atoms with Crippen molar-refractivity contribution in [3.8, 4) is 5.88 Å². The molecular weight excluding hydrogens is 190 g/mol. The highest BCUT2D eigenvalue weighted by Gasteiger charge is 2.19. The van der Waals surface area contributed by atoms with Crippen molar-refractivity contribution in [3.05, 3.63) is 23.9 Å². The summed E-state index contributed by atoms with van der Waals surface area (Å²) < 4.78 is 5.47. The first-order chi connectivity index (χ1) is 7.40. The molecule has 1 N–H and O–H groups in total.